The summed E-state index contributed by atoms with van der Waals surface area (Å²) in [5, 5.41) is 18.5. The molecule has 1 aromatic carbocycles. The number of hydrogen-bond donors (Lipinski definition) is 4. The van der Waals surface area contributed by atoms with Crippen LogP contribution in [-0.2, 0) is 0 Å². The molecule has 0 aliphatic heterocycles. The Morgan fingerprint density at radius 3 is 2.57 bits per heavy atom. The van der Waals surface area contributed by atoms with Crippen LogP contribution in [0.3, 0.4) is 0 Å². The monoisotopic (exact) mass is 415 g/mol. The van der Waals surface area contributed by atoms with Crippen molar-refractivity contribution >= 4 is 28.6 Å². The van der Waals surface area contributed by atoms with E-state index in [9.17, 15) is 14.3 Å². The van der Waals surface area contributed by atoms with Crippen molar-refractivity contribution in [2.75, 3.05) is 17.2 Å². The number of hydrogen-bond acceptors (Lipinski definition) is 6. The zero-order valence-electron chi connectivity index (χ0n) is 17.4. The van der Waals surface area contributed by atoms with Crippen molar-refractivity contribution in [2.24, 2.45) is 5.92 Å². The van der Waals surface area contributed by atoms with Crippen LogP contribution in [0.2, 0.25) is 0 Å². The van der Waals surface area contributed by atoms with Gasteiger partial charge in [0.2, 0.25) is 5.95 Å². The molecule has 30 heavy (non-hydrogen) atoms. The van der Waals surface area contributed by atoms with Gasteiger partial charge in [-0.3, -0.25) is 0 Å². The summed E-state index contributed by atoms with van der Waals surface area (Å²) in [5.41, 5.74) is 1.78. The van der Waals surface area contributed by atoms with E-state index in [4.69, 9.17) is 4.42 Å². The topological polar surface area (TPSA) is 112 Å². The molecule has 3 rings (SSSR count). The van der Waals surface area contributed by atoms with Crippen molar-refractivity contribution in [1.82, 2.24) is 15.3 Å². The lowest BCUT2D eigenvalue weighted by molar-refractivity contribution is 0.208. The van der Waals surface area contributed by atoms with Gasteiger partial charge in [-0.25, -0.2) is 19.2 Å². The highest BCUT2D eigenvalue weighted by atomic mass is 19.1. The third-order valence-corrected chi connectivity index (χ3v) is 4.64. The molecule has 0 radical (unpaired) electrons. The van der Waals surface area contributed by atoms with Crippen LogP contribution >= 0.6 is 0 Å². The number of furan rings is 1. The molecule has 0 aliphatic carbocycles. The van der Waals surface area contributed by atoms with Gasteiger partial charge >= 0.3 is 6.03 Å². The highest BCUT2D eigenvalue weighted by Gasteiger charge is 2.25. The molecule has 8 nitrogen and oxygen atoms in total. The number of anilines is 2. The van der Waals surface area contributed by atoms with Gasteiger partial charge in [0.25, 0.3) is 0 Å². The molecule has 1 unspecified atom stereocenters. The van der Waals surface area contributed by atoms with E-state index < -0.39 is 18.2 Å². The number of nitrogens with one attached hydrogen (secondary N) is 3. The normalized spacial score (nSPS) is 13.3. The highest BCUT2D eigenvalue weighted by molar-refractivity contribution is 5.89. The highest BCUT2D eigenvalue weighted by Crippen LogP contribution is 2.33. The number of rotatable bonds is 7. The molecular formula is C21H26FN5O3. The van der Waals surface area contributed by atoms with Gasteiger partial charge in [0.05, 0.1) is 30.2 Å². The number of urea groups is 1. The van der Waals surface area contributed by atoms with Gasteiger partial charge in [-0.15, -0.1) is 0 Å². The van der Waals surface area contributed by atoms with Crippen molar-refractivity contribution in [2.45, 2.75) is 39.8 Å². The SMILES string of the molecule is Cc1c(C(NC(=O)Nc2cnc(NC[C@@H](C)O)nc2)C(C)C)oc2ccc(F)cc12. The molecule has 3 aromatic rings. The minimum absolute atomic E-state index is 0.0307. The number of halogens is 1. The van der Waals surface area contributed by atoms with Crippen molar-refractivity contribution in [3.63, 3.8) is 0 Å². The van der Waals surface area contributed by atoms with Crippen LogP contribution in [-0.4, -0.2) is 33.8 Å². The first-order valence-corrected chi connectivity index (χ1v) is 9.74. The summed E-state index contributed by atoms with van der Waals surface area (Å²) in [5.74, 6) is 0.640. The van der Waals surface area contributed by atoms with E-state index >= 15 is 0 Å². The number of aromatic nitrogens is 2. The minimum atomic E-state index is -0.525. The summed E-state index contributed by atoms with van der Waals surface area (Å²) in [7, 11) is 0. The Kier molecular flexibility index (Phi) is 6.51. The number of nitrogens with zero attached hydrogens (tertiary/aromatic N) is 2. The first kappa shape index (κ1) is 21.5. The van der Waals surface area contributed by atoms with Gasteiger partial charge in [-0.1, -0.05) is 13.8 Å². The molecule has 0 aliphatic rings. The van der Waals surface area contributed by atoms with E-state index in [1.54, 1.807) is 13.0 Å². The molecule has 160 valence electrons. The molecule has 0 bridgehead atoms. The Morgan fingerprint density at radius 1 is 1.23 bits per heavy atom. The van der Waals surface area contributed by atoms with E-state index in [2.05, 4.69) is 25.9 Å². The molecule has 0 saturated carbocycles. The van der Waals surface area contributed by atoms with E-state index in [0.717, 1.165) is 5.56 Å². The van der Waals surface area contributed by atoms with Crippen molar-refractivity contribution in [1.29, 1.82) is 0 Å². The maximum Gasteiger partial charge on any atom is 0.319 e. The van der Waals surface area contributed by atoms with E-state index in [1.165, 1.54) is 24.5 Å². The molecule has 2 amide bonds. The first-order valence-electron chi connectivity index (χ1n) is 9.74. The van der Waals surface area contributed by atoms with Gasteiger partial charge in [0.1, 0.15) is 17.2 Å². The maximum absolute atomic E-state index is 13.6. The Bertz CT molecular complexity index is 1020. The van der Waals surface area contributed by atoms with Crippen LogP contribution in [0.4, 0.5) is 20.8 Å². The zero-order valence-corrected chi connectivity index (χ0v) is 17.4. The molecule has 2 atom stereocenters. The fourth-order valence-electron chi connectivity index (χ4n) is 3.07. The molecular weight excluding hydrogens is 389 g/mol. The molecule has 0 saturated heterocycles. The lowest BCUT2D eigenvalue weighted by Gasteiger charge is -2.21. The summed E-state index contributed by atoms with van der Waals surface area (Å²) < 4.78 is 19.5. The first-order chi connectivity index (χ1) is 14.2. The number of aliphatic hydroxyl groups excluding tert-OH is 1. The minimum Gasteiger partial charge on any atom is -0.459 e. The lowest BCUT2D eigenvalue weighted by Crippen LogP contribution is -2.35. The van der Waals surface area contributed by atoms with Crippen molar-refractivity contribution in [3.05, 3.63) is 47.7 Å². The number of carbonyl (C=O) groups is 1. The quantitative estimate of drug-likeness (QED) is 0.464. The summed E-state index contributed by atoms with van der Waals surface area (Å²) in [6.07, 6.45) is 2.41. The number of aliphatic hydroxyl groups is 1. The van der Waals surface area contributed by atoms with E-state index in [-0.39, 0.29) is 11.7 Å². The second kappa shape index (κ2) is 9.08. The number of aryl methyl sites for hydroxylation is 1. The second-order valence-corrected chi connectivity index (χ2v) is 7.58. The van der Waals surface area contributed by atoms with Gasteiger partial charge in [-0.05, 0) is 38.0 Å². The standard InChI is InChI=1S/C21H26FN5O3/c1-11(2)18(19-13(4)16-7-14(22)5-6-17(16)30-19)27-21(29)26-15-9-24-20(25-10-15)23-8-12(3)28/h5-7,9-12,18,28H,8H2,1-4H3,(H,23,24,25)(H2,26,27,29)/t12-,18?/m1/s1. The molecule has 0 spiro atoms. The lowest BCUT2D eigenvalue weighted by atomic mass is 9.98. The average Bonchev–Trinajstić information content (AvgIpc) is 3.01. The van der Waals surface area contributed by atoms with Crippen LogP contribution in [0.1, 0.15) is 38.1 Å². The van der Waals surface area contributed by atoms with Crippen LogP contribution in [0.15, 0.2) is 35.0 Å². The van der Waals surface area contributed by atoms with Crippen LogP contribution in [0, 0.1) is 18.7 Å². The van der Waals surface area contributed by atoms with Gasteiger partial charge in [-0.2, -0.15) is 0 Å². The van der Waals surface area contributed by atoms with Gasteiger partial charge < -0.3 is 25.5 Å². The number of fused-ring (bicyclic) bond motifs is 1. The molecule has 2 aromatic heterocycles. The van der Waals surface area contributed by atoms with Crippen molar-refractivity contribution < 1.29 is 18.7 Å². The Hall–Kier alpha value is -3.20. The predicted octanol–water partition coefficient (Wildman–Crippen LogP) is 3.98. The average molecular weight is 415 g/mol. The second-order valence-electron chi connectivity index (χ2n) is 7.58. The number of benzene rings is 1. The van der Waals surface area contributed by atoms with Gasteiger partial charge in [0, 0.05) is 17.5 Å². The summed E-state index contributed by atoms with van der Waals surface area (Å²) in [6, 6.07) is 3.52. The Balaban J connectivity index is 1.71. The third kappa shape index (κ3) is 5.04. The molecule has 9 heteroatoms. The third-order valence-electron chi connectivity index (χ3n) is 4.64. The maximum atomic E-state index is 13.6. The molecule has 2 heterocycles. The molecule has 0 fully saturated rings. The number of carbonyl (C=O) groups excluding carboxylic acids is 1. The smallest absolute Gasteiger partial charge is 0.319 e. The Morgan fingerprint density at radius 2 is 1.93 bits per heavy atom. The number of amides is 2. The van der Waals surface area contributed by atoms with E-state index in [0.29, 0.717) is 34.9 Å². The van der Waals surface area contributed by atoms with Crippen LogP contribution in [0.25, 0.3) is 11.0 Å². The summed E-state index contributed by atoms with van der Waals surface area (Å²) in [4.78, 5) is 20.7. The van der Waals surface area contributed by atoms with Crippen LogP contribution < -0.4 is 16.0 Å². The predicted molar refractivity (Wildman–Crippen MR) is 113 cm³/mol. The van der Waals surface area contributed by atoms with Gasteiger partial charge in [0.15, 0.2) is 0 Å². The van der Waals surface area contributed by atoms with Crippen molar-refractivity contribution in [3.8, 4) is 0 Å². The Labute approximate surface area is 173 Å². The fraction of sp³-hybridized carbons (Fsp3) is 0.381. The van der Waals surface area contributed by atoms with Crippen LogP contribution in [0.5, 0.6) is 0 Å². The fourth-order valence-corrected chi connectivity index (χ4v) is 3.07. The zero-order chi connectivity index (χ0) is 21.8. The van der Waals surface area contributed by atoms with E-state index in [1.807, 2.05) is 20.8 Å². The molecule has 4 N–H and O–H groups in total. The largest absolute Gasteiger partial charge is 0.459 e. The summed E-state index contributed by atoms with van der Waals surface area (Å²) in [6.45, 7) is 7.75. The summed E-state index contributed by atoms with van der Waals surface area (Å²) >= 11 is 0.